The molecule has 1 aliphatic heterocycles. The number of anilines is 1. The van der Waals surface area contributed by atoms with Crippen LogP contribution in [0.25, 0.3) is 11.1 Å². The molecular weight excluding hydrogens is 291 g/mol. The first-order valence-corrected chi connectivity index (χ1v) is 7.37. The SMILES string of the molecule is Nc1nn2c(c1-c1ccc(F)cc1)CC1(CC2)CC(F)(F)C1. The molecule has 1 saturated carbocycles. The number of hydrogen-bond acceptors (Lipinski definition) is 2. The number of fused-ring (bicyclic) bond motifs is 1. The third-order valence-electron chi connectivity index (χ3n) is 4.88. The molecule has 116 valence electrons. The molecule has 1 aliphatic carbocycles. The molecule has 0 saturated heterocycles. The van der Waals surface area contributed by atoms with Crippen molar-refractivity contribution in [1.29, 1.82) is 0 Å². The fourth-order valence-corrected chi connectivity index (χ4v) is 3.95. The molecule has 0 atom stereocenters. The van der Waals surface area contributed by atoms with Gasteiger partial charge in [-0.3, -0.25) is 4.68 Å². The van der Waals surface area contributed by atoms with Crippen LogP contribution < -0.4 is 5.73 Å². The van der Waals surface area contributed by atoms with Crippen LogP contribution in [0.5, 0.6) is 0 Å². The second-order valence-electron chi connectivity index (χ2n) is 6.57. The van der Waals surface area contributed by atoms with Gasteiger partial charge in [-0.1, -0.05) is 12.1 Å². The van der Waals surface area contributed by atoms with E-state index in [9.17, 15) is 13.2 Å². The zero-order valence-electron chi connectivity index (χ0n) is 12.0. The summed E-state index contributed by atoms with van der Waals surface area (Å²) in [6, 6.07) is 6.05. The topological polar surface area (TPSA) is 43.8 Å². The minimum absolute atomic E-state index is 0.0616. The summed E-state index contributed by atoms with van der Waals surface area (Å²) >= 11 is 0. The van der Waals surface area contributed by atoms with Crippen molar-refractivity contribution in [3.8, 4) is 11.1 Å². The zero-order chi connectivity index (χ0) is 15.5. The maximum absolute atomic E-state index is 13.3. The third-order valence-corrected chi connectivity index (χ3v) is 4.88. The summed E-state index contributed by atoms with van der Waals surface area (Å²) in [4.78, 5) is 0. The Balaban J connectivity index is 1.74. The number of benzene rings is 1. The van der Waals surface area contributed by atoms with Gasteiger partial charge in [-0.05, 0) is 36.0 Å². The molecule has 1 spiro atoms. The Morgan fingerprint density at radius 3 is 2.45 bits per heavy atom. The number of rotatable bonds is 1. The molecule has 1 aromatic heterocycles. The average Bonchev–Trinajstić information content (AvgIpc) is 2.73. The number of aryl methyl sites for hydroxylation is 1. The Morgan fingerprint density at radius 2 is 1.82 bits per heavy atom. The molecular formula is C16H16F3N3. The average molecular weight is 307 g/mol. The Morgan fingerprint density at radius 1 is 1.14 bits per heavy atom. The highest BCUT2D eigenvalue weighted by atomic mass is 19.3. The smallest absolute Gasteiger partial charge is 0.249 e. The van der Waals surface area contributed by atoms with E-state index in [2.05, 4.69) is 5.10 Å². The fraction of sp³-hybridized carbons (Fsp3) is 0.438. The lowest BCUT2D eigenvalue weighted by Gasteiger charge is -2.49. The van der Waals surface area contributed by atoms with Crippen molar-refractivity contribution in [2.24, 2.45) is 5.41 Å². The molecule has 0 amide bonds. The Bertz CT molecular complexity index is 726. The molecule has 3 nitrogen and oxygen atoms in total. The molecule has 1 aromatic carbocycles. The third kappa shape index (κ3) is 2.01. The Kier molecular flexibility index (Phi) is 2.65. The van der Waals surface area contributed by atoms with Gasteiger partial charge < -0.3 is 5.73 Å². The Labute approximate surface area is 125 Å². The monoisotopic (exact) mass is 307 g/mol. The number of nitrogen functional groups attached to an aromatic ring is 1. The normalized spacial score (nSPS) is 21.4. The van der Waals surface area contributed by atoms with E-state index in [0.29, 0.717) is 25.2 Å². The predicted octanol–water partition coefficient (Wildman–Crippen LogP) is 3.63. The maximum atomic E-state index is 13.3. The van der Waals surface area contributed by atoms with Gasteiger partial charge in [0, 0.05) is 30.6 Å². The van der Waals surface area contributed by atoms with E-state index in [1.54, 1.807) is 12.1 Å². The molecule has 2 aliphatic rings. The molecule has 0 unspecified atom stereocenters. The summed E-state index contributed by atoms with van der Waals surface area (Å²) in [7, 11) is 0. The second-order valence-corrected chi connectivity index (χ2v) is 6.57. The molecule has 4 rings (SSSR count). The van der Waals surface area contributed by atoms with E-state index < -0.39 is 5.92 Å². The molecule has 0 bridgehead atoms. The number of nitrogens with two attached hydrogens (primary N) is 1. The van der Waals surface area contributed by atoms with Gasteiger partial charge in [0.15, 0.2) is 5.82 Å². The van der Waals surface area contributed by atoms with Gasteiger partial charge >= 0.3 is 0 Å². The van der Waals surface area contributed by atoms with Crippen LogP contribution in [0.1, 0.15) is 25.0 Å². The largest absolute Gasteiger partial charge is 0.382 e. The lowest BCUT2D eigenvalue weighted by atomic mass is 9.60. The van der Waals surface area contributed by atoms with Crippen molar-refractivity contribution in [3.63, 3.8) is 0 Å². The van der Waals surface area contributed by atoms with Gasteiger partial charge in [-0.15, -0.1) is 0 Å². The zero-order valence-corrected chi connectivity index (χ0v) is 12.0. The van der Waals surface area contributed by atoms with E-state index in [4.69, 9.17) is 5.73 Å². The molecule has 6 heteroatoms. The minimum atomic E-state index is -2.54. The van der Waals surface area contributed by atoms with Gasteiger partial charge in [0.1, 0.15) is 5.82 Å². The lowest BCUT2D eigenvalue weighted by molar-refractivity contribution is -0.168. The van der Waals surface area contributed by atoms with Crippen molar-refractivity contribution in [1.82, 2.24) is 9.78 Å². The van der Waals surface area contributed by atoms with E-state index in [1.807, 2.05) is 4.68 Å². The van der Waals surface area contributed by atoms with Crippen molar-refractivity contribution in [2.75, 3.05) is 5.73 Å². The van der Waals surface area contributed by atoms with Crippen molar-refractivity contribution >= 4 is 5.82 Å². The number of hydrogen-bond donors (Lipinski definition) is 1. The maximum Gasteiger partial charge on any atom is 0.249 e. The summed E-state index contributed by atoms with van der Waals surface area (Å²) in [6.45, 7) is 0.608. The summed E-state index contributed by atoms with van der Waals surface area (Å²) in [5, 5.41) is 4.32. The number of halogens is 3. The van der Waals surface area contributed by atoms with E-state index >= 15 is 0 Å². The van der Waals surface area contributed by atoms with Crippen molar-refractivity contribution in [3.05, 3.63) is 35.8 Å². The van der Waals surface area contributed by atoms with Gasteiger partial charge in [0.05, 0.1) is 0 Å². The Hall–Kier alpha value is -1.98. The standard InChI is InChI=1S/C16H16F3N3/c17-11-3-1-10(2-4-11)13-12-7-15(8-16(18,19)9-15)5-6-22(12)21-14(13)20/h1-4H,5-9H2,(H2,20,21). The first-order chi connectivity index (χ1) is 10.4. The summed E-state index contributed by atoms with van der Waals surface area (Å²) in [5.74, 6) is -2.48. The van der Waals surface area contributed by atoms with Crippen LogP contribution in [0, 0.1) is 11.2 Å². The number of nitrogens with zero attached hydrogens (tertiary/aromatic N) is 2. The van der Waals surface area contributed by atoms with Crippen LogP contribution in [0.15, 0.2) is 24.3 Å². The quantitative estimate of drug-likeness (QED) is 0.874. The van der Waals surface area contributed by atoms with Crippen LogP contribution in [0.3, 0.4) is 0 Å². The van der Waals surface area contributed by atoms with E-state index in [0.717, 1.165) is 16.8 Å². The van der Waals surface area contributed by atoms with Crippen LogP contribution in [-0.4, -0.2) is 15.7 Å². The molecule has 22 heavy (non-hydrogen) atoms. The van der Waals surface area contributed by atoms with Crippen LogP contribution in [-0.2, 0) is 13.0 Å². The van der Waals surface area contributed by atoms with E-state index in [-0.39, 0.29) is 24.1 Å². The summed E-state index contributed by atoms with van der Waals surface area (Å²) in [5.41, 5.74) is 8.12. The number of alkyl halides is 2. The highest BCUT2D eigenvalue weighted by Gasteiger charge is 2.57. The fourth-order valence-electron chi connectivity index (χ4n) is 3.95. The molecule has 0 radical (unpaired) electrons. The van der Waals surface area contributed by atoms with Crippen molar-refractivity contribution in [2.45, 2.75) is 38.2 Å². The molecule has 2 N–H and O–H groups in total. The molecule has 2 heterocycles. The summed E-state index contributed by atoms with van der Waals surface area (Å²) in [6.07, 6.45) is 1.14. The number of aromatic nitrogens is 2. The van der Waals surface area contributed by atoms with Crippen molar-refractivity contribution < 1.29 is 13.2 Å². The highest BCUT2D eigenvalue weighted by molar-refractivity contribution is 5.76. The molecule has 1 fully saturated rings. The van der Waals surface area contributed by atoms with Crippen LogP contribution in [0.2, 0.25) is 0 Å². The van der Waals surface area contributed by atoms with Gasteiger partial charge in [-0.25, -0.2) is 13.2 Å². The van der Waals surface area contributed by atoms with Gasteiger partial charge in [0.2, 0.25) is 5.92 Å². The van der Waals surface area contributed by atoms with Gasteiger partial charge in [0.25, 0.3) is 0 Å². The minimum Gasteiger partial charge on any atom is -0.382 e. The first-order valence-electron chi connectivity index (χ1n) is 7.37. The van der Waals surface area contributed by atoms with E-state index in [1.165, 1.54) is 12.1 Å². The lowest BCUT2D eigenvalue weighted by Crippen LogP contribution is -2.50. The summed E-state index contributed by atoms with van der Waals surface area (Å²) < 4.78 is 41.6. The molecule has 2 aromatic rings. The first kappa shape index (κ1) is 13.7. The highest BCUT2D eigenvalue weighted by Crippen LogP contribution is 2.58. The second kappa shape index (κ2) is 4.27. The van der Waals surface area contributed by atoms with Crippen LogP contribution in [0.4, 0.5) is 19.0 Å². The predicted molar refractivity (Wildman–Crippen MR) is 77.0 cm³/mol. The van der Waals surface area contributed by atoms with Gasteiger partial charge in [-0.2, -0.15) is 5.10 Å². The van der Waals surface area contributed by atoms with Crippen LogP contribution >= 0.6 is 0 Å².